The molecule has 5 nitrogen and oxygen atoms in total. The lowest BCUT2D eigenvalue weighted by molar-refractivity contribution is -0.141. The molecular weight excluding hydrogens is 338 g/mol. The monoisotopic (exact) mass is 357 g/mol. The van der Waals surface area contributed by atoms with Gasteiger partial charge in [-0.2, -0.15) is 0 Å². The molecule has 1 aliphatic heterocycles. The molecule has 0 N–H and O–H groups in total. The average molecular weight is 357 g/mol. The van der Waals surface area contributed by atoms with Crippen molar-refractivity contribution in [3.8, 4) is 5.75 Å². The first-order chi connectivity index (χ1) is 12.1. The van der Waals surface area contributed by atoms with Gasteiger partial charge in [0, 0.05) is 4.90 Å². The molecule has 6 heteroatoms. The normalized spacial score (nSPS) is 16.3. The number of nitrogens with zero attached hydrogens (tertiary/aromatic N) is 1. The second-order valence-corrected chi connectivity index (χ2v) is 6.87. The SMILES string of the molecule is COC(=O)CC1Sc2ccccc2N(Cc2ccc(OC)cc2)C1=O. The molecule has 25 heavy (non-hydrogen) atoms. The molecule has 1 amide bonds. The molecule has 1 unspecified atom stereocenters. The standard InChI is InChI=1S/C19H19NO4S/c1-23-14-9-7-13(8-10-14)12-20-15-5-3-4-6-16(15)25-17(19(20)22)11-18(21)24-2/h3-10,17H,11-12H2,1-2H3. The summed E-state index contributed by atoms with van der Waals surface area (Å²) < 4.78 is 9.91. The first kappa shape index (κ1) is 17.4. The molecule has 1 heterocycles. The van der Waals surface area contributed by atoms with Gasteiger partial charge in [0.2, 0.25) is 5.91 Å². The van der Waals surface area contributed by atoms with Crippen LogP contribution < -0.4 is 9.64 Å². The van der Waals surface area contributed by atoms with Gasteiger partial charge in [-0.05, 0) is 29.8 Å². The van der Waals surface area contributed by atoms with Crippen molar-refractivity contribution in [2.45, 2.75) is 23.1 Å². The number of ether oxygens (including phenoxy) is 2. The summed E-state index contributed by atoms with van der Waals surface area (Å²) in [4.78, 5) is 27.3. The van der Waals surface area contributed by atoms with E-state index in [2.05, 4.69) is 0 Å². The van der Waals surface area contributed by atoms with Crippen molar-refractivity contribution in [3.05, 3.63) is 54.1 Å². The largest absolute Gasteiger partial charge is 0.497 e. The zero-order chi connectivity index (χ0) is 17.8. The molecule has 0 aromatic heterocycles. The van der Waals surface area contributed by atoms with E-state index in [4.69, 9.17) is 9.47 Å². The summed E-state index contributed by atoms with van der Waals surface area (Å²) in [5, 5.41) is -0.472. The van der Waals surface area contributed by atoms with Crippen molar-refractivity contribution >= 4 is 29.3 Å². The van der Waals surface area contributed by atoms with E-state index in [1.165, 1.54) is 18.9 Å². The summed E-state index contributed by atoms with van der Waals surface area (Å²) in [6.45, 7) is 0.443. The molecule has 2 aromatic carbocycles. The Morgan fingerprint density at radius 2 is 1.84 bits per heavy atom. The molecule has 1 atom stereocenters. The Bertz CT molecular complexity index is 775. The number of rotatable bonds is 5. The minimum absolute atomic E-state index is 0.0629. The van der Waals surface area contributed by atoms with E-state index in [-0.39, 0.29) is 18.3 Å². The molecule has 130 valence electrons. The van der Waals surface area contributed by atoms with E-state index < -0.39 is 5.25 Å². The van der Waals surface area contributed by atoms with E-state index in [0.29, 0.717) is 6.54 Å². The highest BCUT2D eigenvalue weighted by Crippen LogP contribution is 2.41. The van der Waals surface area contributed by atoms with E-state index in [1.54, 1.807) is 12.0 Å². The summed E-state index contributed by atoms with van der Waals surface area (Å²) in [6, 6.07) is 15.4. The Kier molecular flexibility index (Phi) is 5.28. The maximum atomic E-state index is 12.9. The fourth-order valence-corrected chi connectivity index (χ4v) is 3.93. The topological polar surface area (TPSA) is 55.8 Å². The Hall–Kier alpha value is -2.47. The van der Waals surface area contributed by atoms with Crippen LogP contribution in [0, 0.1) is 0 Å². The van der Waals surface area contributed by atoms with Gasteiger partial charge in [0.05, 0.1) is 38.1 Å². The first-order valence-electron chi connectivity index (χ1n) is 7.89. The fourth-order valence-electron chi connectivity index (χ4n) is 2.72. The van der Waals surface area contributed by atoms with Gasteiger partial charge in [-0.3, -0.25) is 9.59 Å². The number of anilines is 1. The van der Waals surface area contributed by atoms with Crippen molar-refractivity contribution in [3.63, 3.8) is 0 Å². The van der Waals surface area contributed by atoms with Crippen molar-refractivity contribution in [1.29, 1.82) is 0 Å². The molecule has 0 saturated carbocycles. The van der Waals surface area contributed by atoms with Crippen LogP contribution in [0.25, 0.3) is 0 Å². The fraction of sp³-hybridized carbons (Fsp3) is 0.263. The van der Waals surface area contributed by atoms with Crippen molar-refractivity contribution in [1.82, 2.24) is 0 Å². The number of amides is 1. The smallest absolute Gasteiger partial charge is 0.307 e. The maximum absolute atomic E-state index is 12.9. The second kappa shape index (κ2) is 7.61. The van der Waals surface area contributed by atoms with Gasteiger partial charge < -0.3 is 14.4 Å². The Labute approximate surface area is 150 Å². The number of fused-ring (bicyclic) bond motifs is 1. The molecule has 0 radical (unpaired) electrons. The van der Waals surface area contributed by atoms with Crippen LogP contribution in [-0.2, 0) is 20.9 Å². The van der Waals surface area contributed by atoms with Crippen molar-refractivity contribution in [2.24, 2.45) is 0 Å². The van der Waals surface area contributed by atoms with Gasteiger partial charge in [-0.15, -0.1) is 11.8 Å². The van der Waals surface area contributed by atoms with Gasteiger partial charge in [-0.1, -0.05) is 24.3 Å². The Morgan fingerprint density at radius 1 is 1.12 bits per heavy atom. The van der Waals surface area contributed by atoms with Crippen LogP contribution in [0.1, 0.15) is 12.0 Å². The van der Waals surface area contributed by atoms with Gasteiger partial charge in [0.1, 0.15) is 5.75 Å². The van der Waals surface area contributed by atoms with E-state index >= 15 is 0 Å². The summed E-state index contributed by atoms with van der Waals surface area (Å²) in [7, 11) is 2.96. The number of para-hydroxylation sites is 1. The molecule has 0 saturated heterocycles. The quantitative estimate of drug-likeness (QED) is 0.769. The highest BCUT2D eigenvalue weighted by atomic mass is 32.2. The number of carbonyl (C=O) groups excluding carboxylic acids is 2. The van der Waals surface area contributed by atoms with Crippen molar-refractivity contribution in [2.75, 3.05) is 19.1 Å². The number of methoxy groups -OCH3 is 2. The number of benzene rings is 2. The summed E-state index contributed by atoms with van der Waals surface area (Å²) in [5.74, 6) is 0.313. The Morgan fingerprint density at radius 3 is 2.52 bits per heavy atom. The average Bonchev–Trinajstić information content (AvgIpc) is 2.65. The third-order valence-electron chi connectivity index (χ3n) is 4.05. The molecule has 1 aliphatic rings. The van der Waals surface area contributed by atoms with Crippen LogP contribution in [-0.4, -0.2) is 31.3 Å². The molecule has 0 fully saturated rings. The minimum atomic E-state index is -0.472. The first-order valence-corrected chi connectivity index (χ1v) is 8.77. The third-order valence-corrected chi connectivity index (χ3v) is 5.30. The third kappa shape index (κ3) is 3.79. The summed E-state index contributed by atoms with van der Waals surface area (Å²) in [5.41, 5.74) is 1.86. The molecule has 0 bridgehead atoms. The molecule has 0 spiro atoms. The van der Waals surface area contributed by atoms with E-state index in [9.17, 15) is 9.59 Å². The maximum Gasteiger partial charge on any atom is 0.307 e. The van der Waals surface area contributed by atoms with Crippen LogP contribution >= 0.6 is 11.8 Å². The van der Waals surface area contributed by atoms with Gasteiger partial charge in [0.15, 0.2) is 0 Å². The lowest BCUT2D eigenvalue weighted by atomic mass is 10.1. The molecular formula is C19H19NO4S. The minimum Gasteiger partial charge on any atom is -0.497 e. The van der Waals surface area contributed by atoms with Crippen LogP contribution in [0.4, 0.5) is 5.69 Å². The van der Waals surface area contributed by atoms with Gasteiger partial charge in [-0.25, -0.2) is 0 Å². The lowest BCUT2D eigenvalue weighted by Crippen LogP contribution is -2.41. The van der Waals surface area contributed by atoms with E-state index in [1.807, 2.05) is 48.5 Å². The molecule has 2 aromatic rings. The predicted octanol–water partition coefficient (Wildman–Crippen LogP) is 3.27. The van der Waals surface area contributed by atoms with Crippen LogP contribution in [0.5, 0.6) is 5.75 Å². The number of hydrogen-bond donors (Lipinski definition) is 0. The predicted molar refractivity (Wildman–Crippen MR) is 96.9 cm³/mol. The summed E-state index contributed by atoms with van der Waals surface area (Å²) >= 11 is 1.42. The van der Waals surface area contributed by atoms with Gasteiger partial charge >= 0.3 is 5.97 Å². The Balaban J connectivity index is 1.88. The number of carbonyl (C=O) groups is 2. The van der Waals surface area contributed by atoms with Gasteiger partial charge in [0.25, 0.3) is 0 Å². The lowest BCUT2D eigenvalue weighted by Gasteiger charge is -2.33. The van der Waals surface area contributed by atoms with Crippen molar-refractivity contribution < 1.29 is 19.1 Å². The number of hydrogen-bond acceptors (Lipinski definition) is 5. The highest BCUT2D eigenvalue weighted by Gasteiger charge is 2.35. The number of esters is 1. The van der Waals surface area contributed by atoms with Crippen LogP contribution in [0.15, 0.2) is 53.4 Å². The zero-order valence-electron chi connectivity index (χ0n) is 14.1. The zero-order valence-corrected chi connectivity index (χ0v) is 14.9. The van der Waals surface area contributed by atoms with Crippen LogP contribution in [0.2, 0.25) is 0 Å². The highest BCUT2D eigenvalue weighted by molar-refractivity contribution is 8.01. The van der Waals surface area contributed by atoms with Crippen LogP contribution in [0.3, 0.4) is 0 Å². The second-order valence-electron chi connectivity index (χ2n) is 5.63. The van der Waals surface area contributed by atoms with E-state index in [0.717, 1.165) is 21.9 Å². The number of thioether (sulfide) groups is 1. The summed E-state index contributed by atoms with van der Waals surface area (Å²) in [6.07, 6.45) is 0.0629. The molecule has 3 rings (SSSR count). The molecule has 0 aliphatic carbocycles.